The van der Waals surface area contributed by atoms with Gasteiger partial charge in [0.15, 0.2) is 6.39 Å². The van der Waals surface area contributed by atoms with Crippen molar-refractivity contribution in [2.24, 2.45) is 11.8 Å². The molecule has 0 unspecified atom stereocenters. The number of nitrogens with one attached hydrogen (secondary N) is 1. The fraction of sp³-hybridized carbons (Fsp3) is 0.692. The second-order valence-corrected chi connectivity index (χ2v) is 5.56. The number of hydrogen-bond donors (Lipinski definition) is 1. The Morgan fingerprint density at radius 2 is 2.29 bits per heavy atom. The zero-order chi connectivity index (χ0) is 12.0. The molecule has 2 atom stereocenters. The maximum Gasteiger partial charge on any atom is 0.289 e. The molecule has 4 heteroatoms. The summed E-state index contributed by atoms with van der Waals surface area (Å²) in [6, 6.07) is 0.333. The van der Waals surface area contributed by atoms with Gasteiger partial charge in [-0.2, -0.15) is 0 Å². The van der Waals surface area contributed by atoms with E-state index in [1.54, 1.807) is 0 Å². The van der Waals surface area contributed by atoms with Crippen molar-refractivity contribution in [1.29, 1.82) is 0 Å². The number of rotatable bonds is 4. The molecule has 2 aliphatic rings. The summed E-state index contributed by atoms with van der Waals surface area (Å²) in [4.78, 5) is 16.2. The first-order valence-corrected chi connectivity index (χ1v) is 6.41. The van der Waals surface area contributed by atoms with Crippen LogP contribution in [0, 0.1) is 11.8 Å². The van der Waals surface area contributed by atoms with E-state index in [1.165, 1.54) is 6.39 Å². The Kier molecular flexibility index (Phi) is 2.45. The minimum Gasteiger partial charge on any atom is -0.438 e. The highest BCUT2D eigenvalue weighted by molar-refractivity contribution is 5.93. The third-order valence-electron chi connectivity index (χ3n) is 3.78. The normalized spacial score (nSPS) is 27.2. The molecule has 92 valence electrons. The van der Waals surface area contributed by atoms with Crippen molar-refractivity contribution in [1.82, 2.24) is 10.3 Å². The second kappa shape index (κ2) is 3.86. The molecule has 0 saturated heterocycles. The Morgan fingerprint density at radius 3 is 2.88 bits per heavy atom. The molecule has 2 saturated carbocycles. The number of hydrogen-bond acceptors (Lipinski definition) is 3. The van der Waals surface area contributed by atoms with E-state index in [4.69, 9.17) is 4.42 Å². The van der Waals surface area contributed by atoms with Crippen molar-refractivity contribution in [2.75, 3.05) is 0 Å². The van der Waals surface area contributed by atoms with Crippen LogP contribution >= 0.6 is 0 Å². The van der Waals surface area contributed by atoms with E-state index in [1.807, 2.05) is 0 Å². The molecule has 1 N–H and O–H groups in total. The van der Waals surface area contributed by atoms with Crippen LogP contribution < -0.4 is 5.32 Å². The van der Waals surface area contributed by atoms with Crippen LogP contribution in [0.1, 0.15) is 55.3 Å². The fourth-order valence-corrected chi connectivity index (χ4v) is 2.42. The smallest absolute Gasteiger partial charge is 0.289 e. The van der Waals surface area contributed by atoms with E-state index in [0.29, 0.717) is 29.6 Å². The molecule has 0 aliphatic heterocycles. The summed E-state index contributed by atoms with van der Waals surface area (Å²) in [5.41, 5.74) is 0.851. The predicted molar refractivity (Wildman–Crippen MR) is 62.7 cm³/mol. The molecule has 1 amide bonds. The van der Waals surface area contributed by atoms with Crippen molar-refractivity contribution in [3.63, 3.8) is 0 Å². The monoisotopic (exact) mass is 234 g/mol. The van der Waals surface area contributed by atoms with E-state index in [2.05, 4.69) is 24.1 Å². The van der Waals surface area contributed by atoms with Crippen molar-refractivity contribution in [3.8, 4) is 0 Å². The molecule has 1 aromatic heterocycles. The third-order valence-corrected chi connectivity index (χ3v) is 3.78. The molecule has 0 aromatic carbocycles. The van der Waals surface area contributed by atoms with Crippen LogP contribution in [0.2, 0.25) is 0 Å². The Hall–Kier alpha value is -1.32. The Labute approximate surface area is 101 Å². The summed E-state index contributed by atoms with van der Waals surface area (Å²) in [7, 11) is 0. The number of aromatic nitrogens is 1. The standard InChI is InChI=1S/C13H18N2O2/c1-7(2)9-5-10(9)15-13(16)12-11(8-3-4-8)14-6-17-12/h6-10H,3-5H2,1-2H3,(H,15,16)/t9-,10+/m0/s1. The van der Waals surface area contributed by atoms with Crippen LogP contribution in [0.25, 0.3) is 0 Å². The summed E-state index contributed by atoms with van der Waals surface area (Å²) in [6.45, 7) is 4.39. The molecular weight excluding hydrogens is 216 g/mol. The van der Waals surface area contributed by atoms with Gasteiger partial charge in [0.25, 0.3) is 5.91 Å². The Balaban J connectivity index is 1.64. The topological polar surface area (TPSA) is 55.1 Å². The van der Waals surface area contributed by atoms with Crippen molar-refractivity contribution in [3.05, 3.63) is 17.8 Å². The van der Waals surface area contributed by atoms with Crippen molar-refractivity contribution >= 4 is 5.91 Å². The largest absolute Gasteiger partial charge is 0.438 e. The van der Waals surface area contributed by atoms with Gasteiger partial charge in [-0.15, -0.1) is 0 Å². The lowest BCUT2D eigenvalue weighted by Crippen LogP contribution is -2.28. The zero-order valence-electron chi connectivity index (χ0n) is 10.3. The molecule has 17 heavy (non-hydrogen) atoms. The van der Waals surface area contributed by atoms with E-state index < -0.39 is 0 Å². The van der Waals surface area contributed by atoms with Gasteiger partial charge in [0, 0.05) is 12.0 Å². The molecule has 3 rings (SSSR count). The van der Waals surface area contributed by atoms with Gasteiger partial charge >= 0.3 is 0 Å². The molecule has 4 nitrogen and oxygen atoms in total. The summed E-state index contributed by atoms with van der Waals surface area (Å²) in [5.74, 6) is 2.07. The molecule has 2 fully saturated rings. The molecule has 0 spiro atoms. The van der Waals surface area contributed by atoms with Gasteiger partial charge in [-0.1, -0.05) is 13.8 Å². The summed E-state index contributed by atoms with van der Waals surface area (Å²) in [6.07, 6.45) is 4.74. The van der Waals surface area contributed by atoms with Crippen LogP contribution in [0.15, 0.2) is 10.8 Å². The molecule has 2 aliphatic carbocycles. The molecule has 0 radical (unpaired) electrons. The van der Waals surface area contributed by atoms with Gasteiger partial charge in [0.2, 0.25) is 5.76 Å². The van der Waals surface area contributed by atoms with Gasteiger partial charge in [-0.3, -0.25) is 4.79 Å². The number of nitrogens with zero attached hydrogens (tertiary/aromatic N) is 1. The van der Waals surface area contributed by atoms with Crippen molar-refractivity contribution in [2.45, 2.75) is 45.1 Å². The van der Waals surface area contributed by atoms with E-state index >= 15 is 0 Å². The van der Waals surface area contributed by atoms with E-state index in [-0.39, 0.29) is 5.91 Å². The molecule has 0 bridgehead atoms. The average Bonchev–Trinajstić information content (AvgIpc) is 3.19. The van der Waals surface area contributed by atoms with Crippen LogP contribution in [0.3, 0.4) is 0 Å². The van der Waals surface area contributed by atoms with Gasteiger partial charge in [0.05, 0.1) is 5.69 Å². The number of amides is 1. The second-order valence-electron chi connectivity index (χ2n) is 5.56. The third kappa shape index (κ3) is 2.08. The first-order chi connectivity index (χ1) is 8.16. The van der Waals surface area contributed by atoms with Gasteiger partial charge < -0.3 is 9.73 Å². The lowest BCUT2D eigenvalue weighted by Gasteiger charge is -2.05. The molecule has 1 aromatic rings. The van der Waals surface area contributed by atoms with Gasteiger partial charge in [-0.05, 0) is 31.1 Å². The fourth-order valence-electron chi connectivity index (χ4n) is 2.42. The SMILES string of the molecule is CC(C)[C@@H]1C[C@H]1NC(=O)c1ocnc1C1CC1. The van der Waals surface area contributed by atoms with E-state index in [0.717, 1.165) is 25.0 Å². The minimum absolute atomic E-state index is 0.0856. The first-order valence-electron chi connectivity index (χ1n) is 6.41. The summed E-state index contributed by atoms with van der Waals surface area (Å²) < 4.78 is 5.23. The average molecular weight is 234 g/mol. The van der Waals surface area contributed by atoms with Crippen LogP contribution in [-0.4, -0.2) is 16.9 Å². The van der Waals surface area contributed by atoms with Crippen LogP contribution in [0.4, 0.5) is 0 Å². The van der Waals surface area contributed by atoms with E-state index in [9.17, 15) is 4.79 Å². The highest BCUT2D eigenvalue weighted by Crippen LogP contribution is 2.41. The van der Waals surface area contributed by atoms with Crippen molar-refractivity contribution < 1.29 is 9.21 Å². The first kappa shape index (κ1) is 10.8. The molecule has 1 heterocycles. The highest BCUT2D eigenvalue weighted by Gasteiger charge is 2.41. The quantitative estimate of drug-likeness (QED) is 0.869. The predicted octanol–water partition coefficient (Wildman–Crippen LogP) is 2.33. The summed E-state index contributed by atoms with van der Waals surface area (Å²) >= 11 is 0. The van der Waals surface area contributed by atoms with Gasteiger partial charge in [-0.25, -0.2) is 4.98 Å². The number of carbonyl (C=O) groups excluding carboxylic acids is 1. The minimum atomic E-state index is -0.0856. The van der Waals surface area contributed by atoms with Crippen LogP contribution in [0.5, 0.6) is 0 Å². The highest BCUT2D eigenvalue weighted by atomic mass is 16.3. The Morgan fingerprint density at radius 1 is 1.53 bits per heavy atom. The Bertz CT molecular complexity index is 434. The zero-order valence-corrected chi connectivity index (χ0v) is 10.3. The number of carbonyl (C=O) groups is 1. The maximum absolute atomic E-state index is 12.0. The maximum atomic E-state index is 12.0. The number of oxazole rings is 1. The summed E-state index contributed by atoms with van der Waals surface area (Å²) in [5, 5.41) is 3.04. The van der Waals surface area contributed by atoms with Crippen LogP contribution in [-0.2, 0) is 0 Å². The lowest BCUT2D eigenvalue weighted by molar-refractivity contribution is 0.0919. The lowest BCUT2D eigenvalue weighted by atomic mass is 10.1. The van der Waals surface area contributed by atoms with Gasteiger partial charge in [0.1, 0.15) is 0 Å². The molecular formula is C13H18N2O2.